The number of methoxy groups -OCH3 is 1. The van der Waals surface area contributed by atoms with Crippen LogP contribution in [0.15, 0.2) is 36.5 Å². The molecule has 0 spiro atoms. The van der Waals surface area contributed by atoms with Gasteiger partial charge in [0, 0.05) is 37.0 Å². The molecule has 2 heterocycles. The molecule has 2 aromatic rings. The fourth-order valence-electron chi connectivity index (χ4n) is 3.26. The fourth-order valence-corrected chi connectivity index (χ4v) is 3.26. The molecule has 0 bridgehead atoms. The molecule has 1 amide bonds. The first-order chi connectivity index (χ1) is 13.1. The third-order valence-electron chi connectivity index (χ3n) is 4.77. The molecule has 1 fully saturated rings. The summed E-state index contributed by atoms with van der Waals surface area (Å²) in [5.74, 6) is 1.42. The van der Waals surface area contributed by atoms with Crippen molar-refractivity contribution in [2.45, 2.75) is 32.7 Å². The van der Waals surface area contributed by atoms with Crippen LogP contribution in [0.1, 0.15) is 41.3 Å². The summed E-state index contributed by atoms with van der Waals surface area (Å²) in [6.07, 6.45) is 4.34. The molecule has 3 rings (SSSR count). The second-order valence-corrected chi connectivity index (χ2v) is 6.75. The monoisotopic (exact) mass is 367 g/mol. The van der Waals surface area contributed by atoms with E-state index in [1.807, 2.05) is 12.1 Å². The number of carbonyl (C=O) groups excluding carboxylic acids is 2. The minimum Gasteiger partial charge on any atom is -0.496 e. The van der Waals surface area contributed by atoms with Crippen LogP contribution < -0.4 is 15.0 Å². The van der Waals surface area contributed by atoms with E-state index in [-0.39, 0.29) is 18.1 Å². The molecule has 142 valence electrons. The number of hydrogen-bond acceptors (Lipinski definition) is 5. The Morgan fingerprint density at radius 2 is 1.96 bits per heavy atom. The predicted molar refractivity (Wildman–Crippen MR) is 104 cm³/mol. The fraction of sp³-hybridized carbons (Fsp3) is 0.381. The van der Waals surface area contributed by atoms with Gasteiger partial charge >= 0.3 is 0 Å². The summed E-state index contributed by atoms with van der Waals surface area (Å²) < 4.78 is 5.31. The zero-order valence-corrected chi connectivity index (χ0v) is 15.8. The molecular formula is C21H25N3O3. The van der Waals surface area contributed by atoms with Crippen molar-refractivity contribution in [3.63, 3.8) is 0 Å². The van der Waals surface area contributed by atoms with E-state index in [1.165, 1.54) is 19.8 Å². The summed E-state index contributed by atoms with van der Waals surface area (Å²) in [6.45, 7) is 4.02. The summed E-state index contributed by atoms with van der Waals surface area (Å²) in [6, 6.07) is 9.10. The Labute approximate surface area is 159 Å². The number of carbonyl (C=O) groups is 2. The Kier molecular flexibility index (Phi) is 6.06. The van der Waals surface area contributed by atoms with Gasteiger partial charge in [0.05, 0.1) is 13.5 Å². The van der Waals surface area contributed by atoms with Crippen LogP contribution in [-0.4, -0.2) is 36.9 Å². The highest BCUT2D eigenvalue weighted by molar-refractivity contribution is 5.94. The SMILES string of the molecule is COc1ccc(C(C)=O)cc1CC(=O)NCc1ccnc(N2CCCC2)c1. The summed E-state index contributed by atoms with van der Waals surface area (Å²) in [7, 11) is 1.56. The zero-order chi connectivity index (χ0) is 19.2. The number of ether oxygens (including phenoxy) is 1. The molecule has 1 N–H and O–H groups in total. The van der Waals surface area contributed by atoms with E-state index in [1.54, 1.807) is 31.5 Å². The quantitative estimate of drug-likeness (QED) is 0.762. The molecule has 0 unspecified atom stereocenters. The number of benzene rings is 1. The molecule has 27 heavy (non-hydrogen) atoms. The minimum atomic E-state index is -0.117. The Balaban J connectivity index is 1.62. The highest BCUT2D eigenvalue weighted by Gasteiger charge is 2.14. The van der Waals surface area contributed by atoms with Gasteiger partial charge in [0.15, 0.2) is 5.78 Å². The number of hydrogen-bond donors (Lipinski definition) is 1. The van der Waals surface area contributed by atoms with E-state index < -0.39 is 0 Å². The number of Topliss-reactive ketones (excluding diaryl/α,β-unsaturated/α-hetero) is 1. The molecule has 1 aliphatic heterocycles. The largest absolute Gasteiger partial charge is 0.496 e. The molecule has 1 saturated heterocycles. The third kappa shape index (κ3) is 4.84. The molecule has 0 saturated carbocycles. The maximum absolute atomic E-state index is 12.4. The molecule has 1 aromatic heterocycles. The topological polar surface area (TPSA) is 71.5 Å². The van der Waals surface area contributed by atoms with Gasteiger partial charge in [0.2, 0.25) is 5.91 Å². The molecule has 1 aliphatic rings. The lowest BCUT2D eigenvalue weighted by Crippen LogP contribution is -2.25. The van der Waals surface area contributed by atoms with Crippen molar-refractivity contribution in [2.24, 2.45) is 0 Å². The van der Waals surface area contributed by atoms with Gasteiger partial charge in [-0.1, -0.05) is 0 Å². The first-order valence-corrected chi connectivity index (χ1v) is 9.21. The molecule has 0 radical (unpaired) electrons. The normalized spacial score (nSPS) is 13.5. The third-order valence-corrected chi connectivity index (χ3v) is 4.77. The van der Waals surface area contributed by atoms with E-state index in [0.29, 0.717) is 23.4 Å². The van der Waals surface area contributed by atoms with Crippen LogP contribution in [0, 0.1) is 0 Å². The van der Waals surface area contributed by atoms with E-state index in [4.69, 9.17) is 4.74 Å². The van der Waals surface area contributed by atoms with Gasteiger partial charge in [-0.15, -0.1) is 0 Å². The Bertz CT molecular complexity index is 829. The smallest absolute Gasteiger partial charge is 0.224 e. The molecule has 6 heteroatoms. The Morgan fingerprint density at radius 1 is 1.19 bits per heavy atom. The van der Waals surface area contributed by atoms with Gasteiger partial charge < -0.3 is 15.0 Å². The predicted octanol–water partition coefficient (Wildman–Crippen LogP) is 2.75. The number of amides is 1. The number of pyridine rings is 1. The number of rotatable bonds is 7. The number of nitrogens with one attached hydrogen (secondary N) is 1. The number of aromatic nitrogens is 1. The van der Waals surface area contributed by atoms with E-state index in [0.717, 1.165) is 24.5 Å². The number of nitrogens with zero attached hydrogens (tertiary/aromatic N) is 2. The lowest BCUT2D eigenvalue weighted by Gasteiger charge is -2.17. The minimum absolute atomic E-state index is 0.0365. The average Bonchev–Trinajstić information content (AvgIpc) is 3.21. The maximum atomic E-state index is 12.4. The second-order valence-electron chi connectivity index (χ2n) is 6.75. The zero-order valence-electron chi connectivity index (χ0n) is 15.8. The van der Waals surface area contributed by atoms with Crippen molar-refractivity contribution in [1.29, 1.82) is 0 Å². The van der Waals surface area contributed by atoms with Crippen molar-refractivity contribution in [3.05, 3.63) is 53.2 Å². The van der Waals surface area contributed by atoms with Gasteiger partial charge in [-0.2, -0.15) is 0 Å². The highest BCUT2D eigenvalue weighted by Crippen LogP contribution is 2.21. The van der Waals surface area contributed by atoms with Crippen LogP contribution in [0.3, 0.4) is 0 Å². The highest BCUT2D eigenvalue weighted by atomic mass is 16.5. The Hall–Kier alpha value is -2.89. The van der Waals surface area contributed by atoms with Crippen molar-refractivity contribution in [1.82, 2.24) is 10.3 Å². The average molecular weight is 367 g/mol. The standard InChI is InChI=1S/C21H25N3O3/c1-15(25)17-5-6-19(27-2)18(12-17)13-21(26)23-14-16-7-8-22-20(11-16)24-9-3-4-10-24/h5-8,11-12H,3-4,9-10,13-14H2,1-2H3,(H,23,26). The van der Waals surface area contributed by atoms with Gasteiger partial charge in [0.25, 0.3) is 0 Å². The Morgan fingerprint density at radius 3 is 2.67 bits per heavy atom. The first-order valence-electron chi connectivity index (χ1n) is 9.21. The van der Waals surface area contributed by atoms with Crippen molar-refractivity contribution in [3.8, 4) is 5.75 Å². The van der Waals surface area contributed by atoms with Crippen LogP contribution in [-0.2, 0) is 17.8 Å². The second kappa shape index (κ2) is 8.66. The summed E-state index contributed by atoms with van der Waals surface area (Å²) in [4.78, 5) is 30.7. The van der Waals surface area contributed by atoms with Gasteiger partial charge in [-0.25, -0.2) is 4.98 Å². The van der Waals surface area contributed by atoms with Crippen LogP contribution in [0.5, 0.6) is 5.75 Å². The summed E-state index contributed by atoms with van der Waals surface area (Å²) in [5.41, 5.74) is 2.29. The van der Waals surface area contributed by atoms with Crippen LogP contribution >= 0.6 is 0 Å². The van der Waals surface area contributed by atoms with E-state index in [9.17, 15) is 9.59 Å². The molecule has 6 nitrogen and oxygen atoms in total. The van der Waals surface area contributed by atoms with Crippen LogP contribution in [0.2, 0.25) is 0 Å². The lowest BCUT2D eigenvalue weighted by atomic mass is 10.0. The van der Waals surface area contributed by atoms with Crippen molar-refractivity contribution < 1.29 is 14.3 Å². The molecule has 0 aliphatic carbocycles. The van der Waals surface area contributed by atoms with Gasteiger partial charge in [-0.3, -0.25) is 9.59 Å². The van der Waals surface area contributed by atoms with Crippen LogP contribution in [0.25, 0.3) is 0 Å². The van der Waals surface area contributed by atoms with E-state index >= 15 is 0 Å². The summed E-state index contributed by atoms with van der Waals surface area (Å²) in [5, 5.41) is 2.94. The molecule has 1 aromatic carbocycles. The van der Waals surface area contributed by atoms with E-state index in [2.05, 4.69) is 15.2 Å². The van der Waals surface area contributed by atoms with Crippen molar-refractivity contribution >= 4 is 17.5 Å². The van der Waals surface area contributed by atoms with Gasteiger partial charge in [0.1, 0.15) is 11.6 Å². The molecule has 0 atom stereocenters. The maximum Gasteiger partial charge on any atom is 0.224 e. The molecular weight excluding hydrogens is 342 g/mol. The van der Waals surface area contributed by atoms with Crippen LogP contribution in [0.4, 0.5) is 5.82 Å². The van der Waals surface area contributed by atoms with Gasteiger partial charge in [-0.05, 0) is 55.7 Å². The first kappa shape index (κ1) is 18.9. The lowest BCUT2D eigenvalue weighted by molar-refractivity contribution is -0.120. The number of ketones is 1. The summed E-state index contributed by atoms with van der Waals surface area (Å²) >= 11 is 0. The van der Waals surface area contributed by atoms with Crippen molar-refractivity contribution in [2.75, 3.05) is 25.1 Å². The number of anilines is 1.